The molecular weight excluding hydrogens is 425 g/mol. The largest absolute Gasteiger partial charge is 0.493 e. The maximum absolute atomic E-state index is 13.9. The monoisotopic (exact) mass is 445 g/mol. The lowest BCUT2D eigenvalue weighted by molar-refractivity contribution is 0.354. The number of fused-ring (bicyclic) bond motifs is 3. The Kier molecular flexibility index (Phi) is 5.02. The van der Waals surface area contributed by atoms with E-state index in [0.29, 0.717) is 10.2 Å². The minimum atomic E-state index is -0.272. The molecule has 1 aliphatic rings. The van der Waals surface area contributed by atoms with Crippen molar-refractivity contribution in [3.05, 3.63) is 57.9 Å². The van der Waals surface area contributed by atoms with Crippen molar-refractivity contribution < 1.29 is 13.9 Å². The van der Waals surface area contributed by atoms with Crippen molar-refractivity contribution in [2.24, 2.45) is 0 Å². The van der Waals surface area contributed by atoms with E-state index >= 15 is 0 Å². The summed E-state index contributed by atoms with van der Waals surface area (Å²) in [6.45, 7) is 2.80. The first-order valence-electron chi connectivity index (χ1n) is 9.04. The number of hydrogen-bond donors (Lipinski definition) is 1. The van der Waals surface area contributed by atoms with E-state index in [-0.39, 0.29) is 11.9 Å². The number of anilines is 1. The first kappa shape index (κ1) is 18.8. The Labute approximate surface area is 171 Å². The fraction of sp³-hybridized carbons (Fsp3) is 0.286. The number of imidazole rings is 1. The normalized spacial score (nSPS) is 13.5. The Hall–Kier alpha value is -2.54. The van der Waals surface area contributed by atoms with Crippen LogP contribution in [0, 0.1) is 5.82 Å². The Balaban J connectivity index is 1.65. The van der Waals surface area contributed by atoms with Gasteiger partial charge in [0.15, 0.2) is 11.5 Å². The fourth-order valence-electron chi connectivity index (χ4n) is 3.59. The zero-order valence-electron chi connectivity index (χ0n) is 15.9. The third-order valence-electron chi connectivity index (χ3n) is 5.13. The van der Waals surface area contributed by atoms with E-state index in [2.05, 4.69) is 30.8 Å². The van der Waals surface area contributed by atoms with Gasteiger partial charge in [-0.25, -0.2) is 9.37 Å². The molecule has 0 bridgehead atoms. The van der Waals surface area contributed by atoms with E-state index < -0.39 is 0 Å². The molecule has 0 aliphatic carbocycles. The van der Waals surface area contributed by atoms with Gasteiger partial charge >= 0.3 is 0 Å². The number of hydrogen-bond acceptors (Lipinski definition) is 4. The molecule has 1 aliphatic heterocycles. The lowest BCUT2D eigenvalue weighted by atomic mass is 9.98. The zero-order chi connectivity index (χ0) is 19.8. The minimum Gasteiger partial charge on any atom is -0.493 e. The molecule has 4 rings (SSSR count). The number of aryl methyl sites for hydroxylation is 1. The predicted molar refractivity (Wildman–Crippen MR) is 111 cm³/mol. The molecule has 0 saturated heterocycles. The van der Waals surface area contributed by atoms with E-state index in [1.807, 2.05) is 31.3 Å². The minimum absolute atomic E-state index is 0.0825. The summed E-state index contributed by atoms with van der Waals surface area (Å²) >= 11 is 3.19. The van der Waals surface area contributed by atoms with Crippen LogP contribution in [0.3, 0.4) is 0 Å². The van der Waals surface area contributed by atoms with Crippen LogP contribution in [0.4, 0.5) is 10.3 Å². The summed E-state index contributed by atoms with van der Waals surface area (Å²) in [7, 11) is 3.28. The van der Waals surface area contributed by atoms with Crippen molar-refractivity contribution in [1.29, 1.82) is 0 Å². The van der Waals surface area contributed by atoms with Crippen molar-refractivity contribution in [2.75, 3.05) is 19.5 Å². The van der Waals surface area contributed by atoms with Crippen LogP contribution in [0.25, 0.3) is 11.3 Å². The third-order valence-corrected chi connectivity index (χ3v) is 5.78. The average Bonchev–Trinajstić information content (AvgIpc) is 3.11. The van der Waals surface area contributed by atoms with Gasteiger partial charge in [-0.3, -0.25) is 0 Å². The van der Waals surface area contributed by atoms with Gasteiger partial charge in [-0.2, -0.15) is 0 Å². The molecule has 5 nitrogen and oxygen atoms in total. The lowest BCUT2D eigenvalue weighted by Gasteiger charge is -2.23. The molecule has 1 atom stereocenters. The Bertz CT molecular complexity index is 1030. The van der Waals surface area contributed by atoms with Crippen molar-refractivity contribution in [3.63, 3.8) is 0 Å². The summed E-state index contributed by atoms with van der Waals surface area (Å²) in [4.78, 5) is 4.58. The molecule has 7 heteroatoms. The molecule has 0 spiro atoms. The van der Waals surface area contributed by atoms with Gasteiger partial charge in [0, 0.05) is 12.1 Å². The lowest BCUT2D eigenvalue weighted by Crippen LogP contribution is -2.16. The number of halogens is 2. The predicted octanol–water partition coefficient (Wildman–Crippen LogP) is 5.20. The van der Waals surface area contributed by atoms with Crippen LogP contribution in [0.15, 0.2) is 41.0 Å². The molecule has 0 amide bonds. The number of aromatic nitrogens is 2. The summed E-state index contributed by atoms with van der Waals surface area (Å²) in [5.41, 5.74) is 4.19. The van der Waals surface area contributed by atoms with Crippen molar-refractivity contribution in [3.8, 4) is 22.8 Å². The van der Waals surface area contributed by atoms with Gasteiger partial charge in [-0.05, 0) is 64.7 Å². The standard InChI is InChI=1S/C21H21BrFN3O2/c1-12(13-4-5-16(22)17(23)8-13)25-21-24-11-18-15-10-20(28-3)19(27-2)9-14(15)6-7-26(18)21/h4-5,8-12H,6-7H2,1-3H3,(H,24,25). The third kappa shape index (κ3) is 3.24. The van der Waals surface area contributed by atoms with Crippen LogP contribution >= 0.6 is 15.9 Å². The summed E-state index contributed by atoms with van der Waals surface area (Å²) < 4.78 is 27.4. The maximum atomic E-state index is 13.9. The molecular formula is C21H21BrFN3O2. The first-order valence-corrected chi connectivity index (χ1v) is 9.83. The van der Waals surface area contributed by atoms with Crippen LogP contribution in [-0.2, 0) is 13.0 Å². The molecule has 3 aromatic rings. The van der Waals surface area contributed by atoms with E-state index in [9.17, 15) is 4.39 Å². The molecule has 1 aromatic heterocycles. The van der Waals surface area contributed by atoms with Gasteiger partial charge in [-0.1, -0.05) is 6.07 Å². The van der Waals surface area contributed by atoms with Crippen LogP contribution in [-0.4, -0.2) is 23.8 Å². The summed E-state index contributed by atoms with van der Waals surface area (Å²) in [6.07, 6.45) is 2.73. The highest BCUT2D eigenvalue weighted by molar-refractivity contribution is 9.10. The van der Waals surface area contributed by atoms with E-state index in [1.165, 1.54) is 11.6 Å². The SMILES string of the molecule is COc1cc2c(cc1OC)-c1cnc(NC(C)c3ccc(Br)c(F)c3)n1CC2. The number of methoxy groups -OCH3 is 2. The second-order valence-corrected chi connectivity index (χ2v) is 7.63. The van der Waals surface area contributed by atoms with E-state index in [1.54, 1.807) is 20.3 Å². The molecule has 2 heterocycles. The Morgan fingerprint density at radius 2 is 1.93 bits per heavy atom. The van der Waals surface area contributed by atoms with Crippen LogP contribution < -0.4 is 14.8 Å². The fourth-order valence-corrected chi connectivity index (χ4v) is 3.84. The van der Waals surface area contributed by atoms with Crippen LogP contribution in [0.2, 0.25) is 0 Å². The number of ether oxygens (including phenoxy) is 2. The van der Waals surface area contributed by atoms with Gasteiger partial charge in [-0.15, -0.1) is 0 Å². The maximum Gasteiger partial charge on any atom is 0.203 e. The summed E-state index contributed by atoms with van der Waals surface area (Å²) in [6, 6.07) is 9.11. The highest BCUT2D eigenvalue weighted by atomic mass is 79.9. The number of benzene rings is 2. The van der Waals surface area contributed by atoms with Crippen molar-refractivity contribution in [1.82, 2.24) is 9.55 Å². The highest BCUT2D eigenvalue weighted by Crippen LogP contribution is 2.39. The molecule has 28 heavy (non-hydrogen) atoms. The van der Waals surface area contributed by atoms with Crippen LogP contribution in [0.5, 0.6) is 11.5 Å². The van der Waals surface area contributed by atoms with E-state index in [4.69, 9.17) is 9.47 Å². The quantitative estimate of drug-likeness (QED) is 0.586. The molecule has 146 valence electrons. The molecule has 2 aromatic carbocycles. The Morgan fingerprint density at radius 1 is 1.18 bits per heavy atom. The number of nitrogens with zero attached hydrogens (tertiary/aromatic N) is 2. The van der Waals surface area contributed by atoms with Gasteiger partial charge in [0.05, 0.1) is 36.6 Å². The van der Waals surface area contributed by atoms with Gasteiger partial charge in [0.25, 0.3) is 0 Å². The average molecular weight is 446 g/mol. The second-order valence-electron chi connectivity index (χ2n) is 6.77. The van der Waals surface area contributed by atoms with Crippen molar-refractivity contribution >= 4 is 21.9 Å². The topological polar surface area (TPSA) is 48.3 Å². The summed E-state index contributed by atoms with van der Waals surface area (Å²) in [5.74, 6) is 1.93. The van der Waals surface area contributed by atoms with Gasteiger partial charge in [0.1, 0.15) is 5.82 Å². The zero-order valence-corrected chi connectivity index (χ0v) is 17.5. The molecule has 0 radical (unpaired) electrons. The molecule has 0 saturated carbocycles. The van der Waals surface area contributed by atoms with Crippen LogP contribution in [0.1, 0.15) is 24.1 Å². The molecule has 0 fully saturated rings. The van der Waals surface area contributed by atoms with Gasteiger partial charge in [0.2, 0.25) is 5.95 Å². The van der Waals surface area contributed by atoms with Crippen molar-refractivity contribution in [2.45, 2.75) is 25.9 Å². The second kappa shape index (κ2) is 7.47. The summed E-state index contributed by atoms with van der Waals surface area (Å²) in [5, 5.41) is 3.41. The Morgan fingerprint density at radius 3 is 2.64 bits per heavy atom. The number of rotatable bonds is 5. The molecule has 1 N–H and O–H groups in total. The van der Waals surface area contributed by atoms with E-state index in [0.717, 1.165) is 41.5 Å². The highest BCUT2D eigenvalue weighted by Gasteiger charge is 2.23. The first-order chi connectivity index (χ1) is 13.5. The smallest absolute Gasteiger partial charge is 0.203 e. The molecule has 1 unspecified atom stereocenters. The number of nitrogens with one attached hydrogen (secondary N) is 1. The van der Waals surface area contributed by atoms with Gasteiger partial charge < -0.3 is 19.4 Å².